The van der Waals surface area contributed by atoms with Gasteiger partial charge in [0.15, 0.2) is 5.82 Å². The van der Waals surface area contributed by atoms with E-state index < -0.39 is 0 Å². The molecule has 0 atom stereocenters. The first-order valence-corrected chi connectivity index (χ1v) is 12.7. The van der Waals surface area contributed by atoms with Crippen LogP contribution < -0.4 is 10.6 Å². The van der Waals surface area contributed by atoms with Gasteiger partial charge in [0.05, 0.1) is 6.54 Å². The molecule has 7 rings (SSSR count). The monoisotopic (exact) mass is 447 g/mol. The number of carbonyl (C=O) groups excluding carboxylic acids is 2. The highest BCUT2D eigenvalue weighted by Crippen LogP contribution is 2.60. The van der Waals surface area contributed by atoms with Crippen LogP contribution in [0.15, 0.2) is 24.3 Å². The van der Waals surface area contributed by atoms with Gasteiger partial charge in [-0.2, -0.15) is 0 Å². The normalized spacial score (nSPS) is 29.9. The van der Waals surface area contributed by atoms with Gasteiger partial charge in [0.25, 0.3) is 0 Å². The lowest BCUT2D eigenvalue weighted by atomic mass is 9.49. The summed E-state index contributed by atoms with van der Waals surface area (Å²) in [6.07, 6.45) is 11.5. The molecule has 0 saturated heterocycles. The van der Waals surface area contributed by atoms with Crippen LogP contribution in [0.25, 0.3) is 11.4 Å². The number of nitrogens with one attached hydrogen (secondary N) is 2. The quantitative estimate of drug-likeness (QED) is 0.727. The number of benzene rings is 1. The number of hydrogen-bond donors (Lipinski definition) is 2. The number of fused-ring (bicyclic) bond motifs is 1. The smallest absolute Gasteiger partial charge is 0.243 e. The molecule has 0 spiro atoms. The van der Waals surface area contributed by atoms with Crippen molar-refractivity contribution in [2.45, 2.75) is 70.8 Å². The fourth-order valence-electron chi connectivity index (χ4n) is 7.34. The molecule has 7 heteroatoms. The highest BCUT2D eigenvalue weighted by molar-refractivity contribution is 5.95. The molecule has 0 unspecified atom stereocenters. The Hall–Kier alpha value is -2.70. The first kappa shape index (κ1) is 20.9. The van der Waals surface area contributed by atoms with E-state index in [1.54, 1.807) is 0 Å². The minimum atomic E-state index is -0.215. The number of aromatic nitrogens is 3. The van der Waals surface area contributed by atoms with E-state index in [0.717, 1.165) is 79.3 Å². The number of carbonyl (C=O) groups is 2. The Morgan fingerprint density at radius 1 is 0.939 bits per heavy atom. The Morgan fingerprint density at radius 3 is 2.33 bits per heavy atom. The molecule has 2 heterocycles. The largest absolute Gasteiger partial charge is 0.347 e. The van der Waals surface area contributed by atoms with Crippen molar-refractivity contribution in [3.05, 3.63) is 30.1 Å². The second kappa shape index (κ2) is 8.26. The van der Waals surface area contributed by atoms with Gasteiger partial charge in [0, 0.05) is 29.6 Å². The van der Waals surface area contributed by atoms with Gasteiger partial charge in [-0.05, 0) is 93.4 Å². The Bertz CT molecular complexity index is 1020. The zero-order valence-electron chi connectivity index (χ0n) is 19.2. The first-order chi connectivity index (χ1) is 16.1. The predicted molar refractivity (Wildman–Crippen MR) is 125 cm³/mol. The van der Waals surface area contributed by atoms with Gasteiger partial charge < -0.3 is 15.2 Å². The van der Waals surface area contributed by atoms with E-state index in [1.165, 1.54) is 32.1 Å². The first-order valence-electron chi connectivity index (χ1n) is 12.7. The highest BCUT2D eigenvalue weighted by atomic mass is 16.2. The Kier molecular flexibility index (Phi) is 5.23. The molecule has 2 aromatic rings. The van der Waals surface area contributed by atoms with Crippen LogP contribution in [0.5, 0.6) is 0 Å². The fourth-order valence-corrected chi connectivity index (χ4v) is 7.34. The molecule has 0 radical (unpaired) electrons. The van der Waals surface area contributed by atoms with Gasteiger partial charge >= 0.3 is 0 Å². The SMILES string of the molecule is O=C(CNC(=O)C12CC3CC(CC(C3)C1)C2)Nc1ccc(-c2nnc3n2CCCCC3)cc1. The van der Waals surface area contributed by atoms with Crippen LogP contribution in [0.1, 0.15) is 63.6 Å². The topological polar surface area (TPSA) is 88.9 Å². The van der Waals surface area contributed by atoms with Crippen molar-refractivity contribution < 1.29 is 9.59 Å². The molecule has 4 saturated carbocycles. The Morgan fingerprint density at radius 2 is 1.64 bits per heavy atom. The third-order valence-electron chi connectivity index (χ3n) is 8.47. The molecule has 174 valence electrons. The second-order valence-electron chi connectivity index (χ2n) is 10.9. The Balaban J connectivity index is 1.06. The molecule has 1 aromatic heterocycles. The maximum Gasteiger partial charge on any atom is 0.243 e. The lowest BCUT2D eigenvalue weighted by molar-refractivity contribution is -0.146. The minimum Gasteiger partial charge on any atom is -0.347 e. The van der Waals surface area contributed by atoms with Gasteiger partial charge in [0.1, 0.15) is 5.82 Å². The van der Waals surface area contributed by atoms with Crippen molar-refractivity contribution in [1.29, 1.82) is 0 Å². The third-order valence-corrected chi connectivity index (χ3v) is 8.47. The summed E-state index contributed by atoms with van der Waals surface area (Å²) < 4.78 is 2.22. The predicted octanol–water partition coefficient (Wildman–Crippen LogP) is 3.94. The van der Waals surface area contributed by atoms with Crippen molar-refractivity contribution >= 4 is 17.5 Å². The summed E-state index contributed by atoms with van der Waals surface area (Å²) in [4.78, 5) is 25.6. The number of hydrogen-bond acceptors (Lipinski definition) is 4. The lowest BCUT2D eigenvalue weighted by Gasteiger charge is -2.55. The summed E-state index contributed by atoms with van der Waals surface area (Å²) in [5.74, 6) is 4.03. The van der Waals surface area contributed by atoms with E-state index in [4.69, 9.17) is 0 Å². The van der Waals surface area contributed by atoms with E-state index in [9.17, 15) is 9.59 Å². The van der Waals surface area contributed by atoms with Crippen molar-refractivity contribution in [3.8, 4) is 11.4 Å². The number of amides is 2. The maximum atomic E-state index is 13.1. The average molecular weight is 448 g/mol. The fraction of sp³-hybridized carbons (Fsp3) is 0.615. The summed E-state index contributed by atoms with van der Waals surface area (Å²) in [6, 6.07) is 7.75. The van der Waals surface area contributed by atoms with Gasteiger partial charge in [-0.25, -0.2) is 0 Å². The van der Waals surface area contributed by atoms with Crippen LogP contribution in [0, 0.1) is 23.2 Å². The minimum absolute atomic E-state index is 0.0278. The molecule has 2 N–H and O–H groups in total. The lowest BCUT2D eigenvalue weighted by Crippen LogP contribution is -2.54. The van der Waals surface area contributed by atoms with Crippen molar-refractivity contribution in [3.63, 3.8) is 0 Å². The molecule has 2 amide bonds. The van der Waals surface area contributed by atoms with Gasteiger partial charge in [-0.15, -0.1) is 10.2 Å². The molecule has 1 aromatic carbocycles. The molecular weight excluding hydrogens is 414 g/mol. The summed E-state index contributed by atoms with van der Waals surface area (Å²) in [6.45, 7) is 0.986. The van der Waals surface area contributed by atoms with Crippen molar-refractivity contribution in [2.75, 3.05) is 11.9 Å². The van der Waals surface area contributed by atoms with Gasteiger partial charge in [0.2, 0.25) is 11.8 Å². The molecule has 5 aliphatic rings. The summed E-state index contributed by atoms with van der Waals surface area (Å²) in [7, 11) is 0. The molecular formula is C26H33N5O2. The highest BCUT2D eigenvalue weighted by Gasteiger charge is 2.54. The molecule has 4 fully saturated rings. The van der Waals surface area contributed by atoms with E-state index in [-0.39, 0.29) is 23.8 Å². The van der Waals surface area contributed by atoms with Crippen molar-refractivity contribution in [1.82, 2.24) is 20.1 Å². The van der Waals surface area contributed by atoms with Gasteiger partial charge in [-0.3, -0.25) is 9.59 Å². The molecule has 1 aliphatic heterocycles. The molecule has 7 nitrogen and oxygen atoms in total. The van der Waals surface area contributed by atoms with Crippen LogP contribution in [-0.4, -0.2) is 33.1 Å². The average Bonchev–Trinajstić information content (AvgIpc) is 3.05. The van der Waals surface area contributed by atoms with E-state index in [1.807, 2.05) is 24.3 Å². The maximum absolute atomic E-state index is 13.1. The second-order valence-corrected chi connectivity index (χ2v) is 10.9. The number of rotatable bonds is 5. The molecule has 4 aliphatic carbocycles. The third kappa shape index (κ3) is 3.96. The Labute approximate surface area is 194 Å². The molecule has 33 heavy (non-hydrogen) atoms. The number of anilines is 1. The van der Waals surface area contributed by atoms with Crippen LogP contribution in [-0.2, 0) is 22.6 Å². The van der Waals surface area contributed by atoms with Crippen LogP contribution in [0.3, 0.4) is 0 Å². The van der Waals surface area contributed by atoms with E-state index in [2.05, 4.69) is 25.4 Å². The summed E-state index contributed by atoms with van der Waals surface area (Å²) in [5, 5.41) is 14.7. The zero-order chi connectivity index (χ0) is 22.4. The summed E-state index contributed by atoms with van der Waals surface area (Å²) in [5.41, 5.74) is 1.51. The number of nitrogens with zero attached hydrogens (tertiary/aromatic N) is 3. The molecule has 4 bridgehead atoms. The zero-order valence-corrected chi connectivity index (χ0v) is 19.2. The van der Waals surface area contributed by atoms with E-state index >= 15 is 0 Å². The van der Waals surface area contributed by atoms with Crippen molar-refractivity contribution in [2.24, 2.45) is 23.2 Å². The summed E-state index contributed by atoms with van der Waals surface area (Å²) >= 11 is 0. The van der Waals surface area contributed by atoms with Crippen LogP contribution >= 0.6 is 0 Å². The van der Waals surface area contributed by atoms with Crippen LogP contribution in [0.2, 0.25) is 0 Å². The van der Waals surface area contributed by atoms with E-state index in [0.29, 0.717) is 0 Å². The van der Waals surface area contributed by atoms with Crippen LogP contribution in [0.4, 0.5) is 5.69 Å². The number of aryl methyl sites for hydroxylation is 1. The standard InChI is InChI=1S/C26H33N5O2/c32-23(16-27-25(33)26-13-17-10-18(14-26)12-19(11-17)15-26)28-21-7-5-20(6-8-21)24-30-29-22-4-2-1-3-9-31(22)24/h5-8,17-19H,1-4,9-16H2,(H,27,33)(H,28,32). The van der Waals surface area contributed by atoms with Gasteiger partial charge in [-0.1, -0.05) is 6.42 Å².